The average molecular weight is 222 g/mol. The van der Waals surface area contributed by atoms with Gasteiger partial charge in [-0.25, -0.2) is 4.79 Å². The topological polar surface area (TPSA) is 98.5 Å². The molecule has 0 aliphatic rings. The molecule has 84 valence electrons. The van der Waals surface area contributed by atoms with E-state index in [2.05, 4.69) is 0 Å². The number of oxazole rings is 1. The number of carboxylic acid groups (broad SMARTS) is 1. The second-order valence-corrected chi connectivity index (χ2v) is 3.39. The van der Waals surface area contributed by atoms with Crippen molar-refractivity contribution in [3.63, 3.8) is 0 Å². The van der Waals surface area contributed by atoms with Crippen molar-refractivity contribution in [3.05, 3.63) is 28.7 Å². The summed E-state index contributed by atoms with van der Waals surface area (Å²) in [6.07, 6.45) is -0.126. The number of nitrogens with two attached hydrogens (primary N) is 1. The molecule has 1 aromatic carbocycles. The molecule has 0 saturated heterocycles. The van der Waals surface area contributed by atoms with Crippen molar-refractivity contribution >= 4 is 22.8 Å². The van der Waals surface area contributed by atoms with Crippen molar-refractivity contribution in [2.45, 2.75) is 13.0 Å². The van der Waals surface area contributed by atoms with Gasteiger partial charge in [0.25, 0.3) is 0 Å². The Morgan fingerprint density at radius 3 is 2.94 bits per heavy atom. The lowest BCUT2D eigenvalue weighted by molar-refractivity contribution is -0.137. The maximum atomic E-state index is 11.4. The molecule has 0 unspecified atom stereocenters. The SMILES string of the molecule is Nc1ccc2c(c1)oc(=O)n2CCC(=O)O. The smallest absolute Gasteiger partial charge is 0.419 e. The number of nitrogens with zero attached hydrogens (tertiary/aromatic N) is 1. The first kappa shape index (κ1) is 10.3. The molecule has 1 aromatic heterocycles. The quantitative estimate of drug-likeness (QED) is 0.743. The van der Waals surface area contributed by atoms with E-state index in [1.54, 1.807) is 12.1 Å². The molecular formula is C10H10N2O4. The minimum Gasteiger partial charge on any atom is -0.481 e. The predicted molar refractivity (Wildman–Crippen MR) is 57.1 cm³/mol. The minimum atomic E-state index is -0.961. The third-order valence-electron chi connectivity index (χ3n) is 2.24. The van der Waals surface area contributed by atoms with Crippen LogP contribution in [0.1, 0.15) is 6.42 Å². The summed E-state index contributed by atoms with van der Waals surface area (Å²) in [5, 5.41) is 8.55. The summed E-state index contributed by atoms with van der Waals surface area (Å²) in [5.41, 5.74) is 6.96. The lowest BCUT2D eigenvalue weighted by atomic mass is 10.3. The lowest BCUT2D eigenvalue weighted by Crippen LogP contribution is -2.16. The molecule has 0 spiro atoms. The Labute approximate surface area is 89.9 Å². The van der Waals surface area contributed by atoms with E-state index >= 15 is 0 Å². The Bertz CT molecular complexity index is 596. The summed E-state index contributed by atoms with van der Waals surface area (Å²) in [6, 6.07) is 4.81. The van der Waals surface area contributed by atoms with Crippen LogP contribution in [0.15, 0.2) is 27.4 Å². The third kappa shape index (κ3) is 1.77. The number of benzene rings is 1. The minimum absolute atomic E-state index is 0.0884. The summed E-state index contributed by atoms with van der Waals surface area (Å²) in [4.78, 5) is 21.9. The van der Waals surface area contributed by atoms with Gasteiger partial charge in [-0.1, -0.05) is 0 Å². The molecule has 0 aliphatic carbocycles. The Balaban J connectivity index is 2.48. The molecule has 0 fully saturated rings. The van der Waals surface area contributed by atoms with Gasteiger partial charge in [-0.15, -0.1) is 0 Å². The number of carboxylic acids is 1. The standard InChI is InChI=1S/C10H10N2O4/c11-6-1-2-7-8(5-6)16-10(15)12(7)4-3-9(13)14/h1-2,5H,3-4,11H2,(H,13,14). The van der Waals surface area contributed by atoms with Crippen LogP contribution in [0.25, 0.3) is 11.1 Å². The van der Waals surface area contributed by atoms with Crippen LogP contribution in [0.2, 0.25) is 0 Å². The lowest BCUT2D eigenvalue weighted by Gasteiger charge is -1.98. The molecule has 1 heterocycles. The molecule has 0 bridgehead atoms. The first-order valence-corrected chi connectivity index (χ1v) is 4.68. The van der Waals surface area contributed by atoms with E-state index in [-0.39, 0.29) is 13.0 Å². The molecule has 2 rings (SSSR count). The van der Waals surface area contributed by atoms with E-state index in [4.69, 9.17) is 15.3 Å². The molecule has 6 nitrogen and oxygen atoms in total. The van der Waals surface area contributed by atoms with Gasteiger partial charge in [-0.05, 0) is 12.1 Å². The van der Waals surface area contributed by atoms with Crippen LogP contribution in [-0.2, 0) is 11.3 Å². The van der Waals surface area contributed by atoms with Crippen molar-refractivity contribution in [1.29, 1.82) is 0 Å². The Kier molecular flexibility index (Phi) is 2.40. The van der Waals surface area contributed by atoms with Gasteiger partial charge >= 0.3 is 11.7 Å². The van der Waals surface area contributed by atoms with Crippen LogP contribution in [0.3, 0.4) is 0 Å². The Morgan fingerprint density at radius 1 is 1.50 bits per heavy atom. The number of aryl methyl sites for hydroxylation is 1. The summed E-state index contributed by atoms with van der Waals surface area (Å²) < 4.78 is 6.23. The van der Waals surface area contributed by atoms with E-state index in [1.807, 2.05) is 0 Å². The van der Waals surface area contributed by atoms with Crippen LogP contribution in [0.5, 0.6) is 0 Å². The normalized spacial score (nSPS) is 10.8. The van der Waals surface area contributed by atoms with Crippen molar-refractivity contribution in [2.24, 2.45) is 0 Å². The molecule has 0 radical (unpaired) electrons. The van der Waals surface area contributed by atoms with Crippen LogP contribution >= 0.6 is 0 Å². The fourth-order valence-corrected chi connectivity index (χ4v) is 1.50. The number of anilines is 1. The van der Waals surface area contributed by atoms with E-state index in [1.165, 1.54) is 10.6 Å². The number of nitrogen functional groups attached to an aromatic ring is 1. The number of aromatic nitrogens is 1. The molecule has 0 aliphatic heterocycles. The van der Waals surface area contributed by atoms with E-state index in [0.29, 0.717) is 16.8 Å². The van der Waals surface area contributed by atoms with Crippen molar-refractivity contribution in [2.75, 3.05) is 5.73 Å². The van der Waals surface area contributed by atoms with Gasteiger partial charge in [0, 0.05) is 18.3 Å². The fourth-order valence-electron chi connectivity index (χ4n) is 1.50. The molecule has 6 heteroatoms. The molecule has 0 amide bonds. The maximum Gasteiger partial charge on any atom is 0.419 e. The highest BCUT2D eigenvalue weighted by Crippen LogP contribution is 2.16. The highest BCUT2D eigenvalue weighted by molar-refractivity contribution is 5.77. The number of rotatable bonds is 3. The number of hydrogen-bond donors (Lipinski definition) is 2. The molecule has 0 atom stereocenters. The molecule has 2 aromatic rings. The molecule has 3 N–H and O–H groups in total. The van der Waals surface area contributed by atoms with Gasteiger partial charge in [0.1, 0.15) is 0 Å². The van der Waals surface area contributed by atoms with E-state index in [0.717, 1.165) is 0 Å². The molecule has 16 heavy (non-hydrogen) atoms. The Hall–Kier alpha value is -2.24. The van der Waals surface area contributed by atoms with Crippen LogP contribution in [0.4, 0.5) is 5.69 Å². The monoisotopic (exact) mass is 222 g/mol. The number of fused-ring (bicyclic) bond motifs is 1. The predicted octanol–water partition coefficient (Wildman–Crippen LogP) is 0.651. The maximum absolute atomic E-state index is 11.4. The zero-order chi connectivity index (χ0) is 11.7. The van der Waals surface area contributed by atoms with Crippen LogP contribution in [0, 0.1) is 0 Å². The number of hydrogen-bond acceptors (Lipinski definition) is 4. The molecular weight excluding hydrogens is 212 g/mol. The van der Waals surface area contributed by atoms with Gasteiger partial charge in [0.2, 0.25) is 0 Å². The first-order chi connectivity index (χ1) is 7.58. The average Bonchev–Trinajstić information content (AvgIpc) is 2.50. The fraction of sp³-hybridized carbons (Fsp3) is 0.200. The number of aliphatic carboxylic acids is 1. The van der Waals surface area contributed by atoms with E-state index in [9.17, 15) is 9.59 Å². The van der Waals surface area contributed by atoms with Gasteiger partial charge in [-0.3, -0.25) is 9.36 Å². The summed E-state index contributed by atoms with van der Waals surface area (Å²) >= 11 is 0. The summed E-state index contributed by atoms with van der Waals surface area (Å²) in [6.45, 7) is 0.0884. The highest BCUT2D eigenvalue weighted by Gasteiger charge is 2.10. The van der Waals surface area contributed by atoms with Crippen molar-refractivity contribution < 1.29 is 14.3 Å². The van der Waals surface area contributed by atoms with E-state index < -0.39 is 11.7 Å². The highest BCUT2D eigenvalue weighted by atomic mass is 16.4. The second kappa shape index (κ2) is 3.73. The largest absolute Gasteiger partial charge is 0.481 e. The van der Waals surface area contributed by atoms with Gasteiger partial charge in [-0.2, -0.15) is 0 Å². The van der Waals surface area contributed by atoms with Gasteiger partial charge < -0.3 is 15.3 Å². The first-order valence-electron chi connectivity index (χ1n) is 4.68. The summed E-state index contributed by atoms with van der Waals surface area (Å²) in [5.74, 6) is -1.53. The summed E-state index contributed by atoms with van der Waals surface area (Å²) in [7, 11) is 0. The van der Waals surface area contributed by atoms with Crippen LogP contribution < -0.4 is 11.5 Å². The zero-order valence-corrected chi connectivity index (χ0v) is 8.34. The number of carbonyl (C=O) groups is 1. The Morgan fingerprint density at radius 2 is 2.25 bits per heavy atom. The molecule has 0 saturated carbocycles. The van der Waals surface area contributed by atoms with Gasteiger partial charge in [0.05, 0.1) is 11.9 Å². The second-order valence-electron chi connectivity index (χ2n) is 3.39. The van der Waals surface area contributed by atoms with Crippen molar-refractivity contribution in [1.82, 2.24) is 4.57 Å². The van der Waals surface area contributed by atoms with Crippen molar-refractivity contribution in [3.8, 4) is 0 Å². The zero-order valence-electron chi connectivity index (χ0n) is 8.34. The van der Waals surface area contributed by atoms with Crippen LogP contribution in [-0.4, -0.2) is 15.6 Å². The van der Waals surface area contributed by atoms with Gasteiger partial charge in [0.15, 0.2) is 5.58 Å². The third-order valence-corrected chi connectivity index (χ3v) is 2.24.